The summed E-state index contributed by atoms with van der Waals surface area (Å²) < 4.78 is 0. The monoisotopic (exact) mass is 181 g/mol. The van der Waals surface area contributed by atoms with Gasteiger partial charge in [0.1, 0.15) is 0 Å². The van der Waals surface area contributed by atoms with Gasteiger partial charge in [0.15, 0.2) is 0 Å². The molecule has 0 heterocycles. The van der Waals surface area contributed by atoms with Crippen LogP contribution in [0.2, 0.25) is 0 Å². The van der Waals surface area contributed by atoms with E-state index in [0.717, 1.165) is 18.4 Å². The van der Waals surface area contributed by atoms with Crippen LogP contribution in [0.15, 0.2) is 0 Å². The molecule has 0 unspecified atom stereocenters. The summed E-state index contributed by atoms with van der Waals surface area (Å²) in [6, 6.07) is 0. The number of hydrogen-bond acceptors (Lipinski definition) is 1. The largest absolute Gasteiger partial charge is 0.330 e. The predicted molar refractivity (Wildman–Crippen MR) is 56.5 cm³/mol. The van der Waals surface area contributed by atoms with Gasteiger partial charge < -0.3 is 5.73 Å². The molecule has 2 aliphatic rings. The standard InChI is InChI=1S/C12H23N/c1-2-10-3-5-11(6-4-10)12(9-13)7-8-12/h10-11H,2-9,13H2,1H3. The van der Waals surface area contributed by atoms with Gasteiger partial charge in [-0.25, -0.2) is 0 Å². The van der Waals surface area contributed by atoms with E-state index in [2.05, 4.69) is 6.92 Å². The van der Waals surface area contributed by atoms with E-state index in [4.69, 9.17) is 5.73 Å². The Morgan fingerprint density at radius 1 is 1.15 bits per heavy atom. The number of rotatable bonds is 3. The second-order valence-corrected chi connectivity index (χ2v) is 5.19. The molecule has 0 aromatic carbocycles. The third-order valence-electron chi connectivity index (χ3n) is 4.59. The van der Waals surface area contributed by atoms with Crippen LogP contribution in [0.1, 0.15) is 51.9 Å². The maximum Gasteiger partial charge on any atom is -0.00179 e. The summed E-state index contributed by atoms with van der Waals surface area (Å²) in [5.74, 6) is 2.02. The highest BCUT2D eigenvalue weighted by Gasteiger charge is 2.48. The molecule has 2 fully saturated rings. The quantitative estimate of drug-likeness (QED) is 0.711. The molecule has 2 rings (SSSR count). The molecular formula is C12H23N. The van der Waals surface area contributed by atoms with Crippen molar-refractivity contribution in [3.8, 4) is 0 Å². The summed E-state index contributed by atoms with van der Waals surface area (Å²) in [6.07, 6.45) is 10.1. The Hall–Kier alpha value is -0.0400. The molecule has 2 aliphatic carbocycles. The highest BCUT2D eigenvalue weighted by molar-refractivity contribution is 5.00. The number of hydrogen-bond donors (Lipinski definition) is 1. The Morgan fingerprint density at radius 3 is 2.15 bits per heavy atom. The molecule has 0 aromatic rings. The molecular weight excluding hydrogens is 158 g/mol. The van der Waals surface area contributed by atoms with Crippen molar-refractivity contribution in [1.82, 2.24) is 0 Å². The molecule has 0 radical (unpaired) electrons. The van der Waals surface area contributed by atoms with Gasteiger partial charge in [-0.1, -0.05) is 26.2 Å². The zero-order chi connectivity index (χ0) is 9.31. The van der Waals surface area contributed by atoms with Crippen molar-refractivity contribution in [2.45, 2.75) is 51.9 Å². The molecule has 76 valence electrons. The van der Waals surface area contributed by atoms with Gasteiger partial charge in [-0.2, -0.15) is 0 Å². The molecule has 0 aliphatic heterocycles. The van der Waals surface area contributed by atoms with Gasteiger partial charge in [-0.05, 0) is 49.5 Å². The van der Waals surface area contributed by atoms with Crippen LogP contribution in [0.3, 0.4) is 0 Å². The molecule has 0 spiro atoms. The van der Waals surface area contributed by atoms with Crippen LogP contribution in [0.5, 0.6) is 0 Å². The summed E-state index contributed by atoms with van der Waals surface area (Å²) in [5.41, 5.74) is 6.49. The third kappa shape index (κ3) is 1.76. The minimum absolute atomic E-state index is 0.624. The summed E-state index contributed by atoms with van der Waals surface area (Å²) >= 11 is 0. The van der Waals surface area contributed by atoms with Crippen molar-refractivity contribution in [2.24, 2.45) is 23.0 Å². The fourth-order valence-corrected chi connectivity index (χ4v) is 3.12. The Bertz CT molecular complexity index is 164. The molecule has 0 bridgehead atoms. The van der Waals surface area contributed by atoms with E-state index in [9.17, 15) is 0 Å². The SMILES string of the molecule is CCC1CCC(C2(CN)CC2)CC1. The van der Waals surface area contributed by atoms with E-state index in [1.54, 1.807) is 0 Å². The van der Waals surface area contributed by atoms with E-state index < -0.39 is 0 Å². The van der Waals surface area contributed by atoms with Crippen LogP contribution < -0.4 is 5.73 Å². The first-order valence-electron chi connectivity index (χ1n) is 6.01. The van der Waals surface area contributed by atoms with Crippen LogP contribution >= 0.6 is 0 Å². The van der Waals surface area contributed by atoms with Gasteiger partial charge in [-0.15, -0.1) is 0 Å². The highest BCUT2D eigenvalue weighted by Crippen LogP contribution is 2.56. The molecule has 1 heteroatoms. The van der Waals surface area contributed by atoms with Crippen LogP contribution in [0.25, 0.3) is 0 Å². The van der Waals surface area contributed by atoms with Gasteiger partial charge in [0.2, 0.25) is 0 Å². The van der Waals surface area contributed by atoms with Crippen molar-refractivity contribution < 1.29 is 0 Å². The van der Waals surface area contributed by atoms with Gasteiger partial charge in [0.25, 0.3) is 0 Å². The second-order valence-electron chi connectivity index (χ2n) is 5.19. The molecule has 2 saturated carbocycles. The minimum Gasteiger partial charge on any atom is -0.330 e. The first kappa shape index (κ1) is 9.51. The second kappa shape index (κ2) is 3.61. The van der Waals surface area contributed by atoms with Crippen molar-refractivity contribution in [1.29, 1.82) is 0 Å². The van der Waals surface area contributed by atoms with E-state index in [-0.39, 0.29) is 0 Å². The van der Waals surface area contributed by atoms with E-state index in [0.29, 0.717) is 5.41 Å². The summed E-state index contributed by atoms with van der Waals surface area (Å²) in [7, 11) is 0. The van der Waals surface area contributed by atoms with Gasteiger partial charge in [0, 0.05) is 0 Å². The fourth-order valence-electron chi connectivity index (χ4n) is 3.12. The fraction of sp³-hybridized carbons (Fsp3) is 1.00. The molecule has 0 saturated heterocycles. The topological polar surface area (TPSA) is 26.0 Å². The zero-order valence-corrected chi connectivity index (χ0v) is 8.89. The van der Waals surface area contributed by atoms with Gasteiger partial charge in [-0.3, -0.25) is 0 Å². The van der Waals surface area contributed by atoms with Crippen molar-refractivity contribution in [3.05, 3.63) is 0 Å². The molecule has 0 atom stereocenters. The Balaban J connectivity index is 1.84. The maximum atomic E-state index is 5.87. The Labute approximate surface area is 82.1 Å². The minimum atomic E-state index is 0.624. The van der Waals surface area contributed by atoms with Gasteiger partial charge >= 0.3 is 0 Å². The van der Waals surface area contributed by atoms with Crippen molar-refractivity contribution in [3.63, 3.8) is 0 Å². The molecule has 1 nitrogen and oxygen atoms in total. The Morgan fingerprint density at radius 2 is 1.77 bits per heavy atom. The van der Waals surface area contributed by atoms with Crippen LogP contribution in [-0.2, 0) is 0 Å². The summed E-state index contributed by atoms with van der Waals surface area (Å²) in [6.45, 7) is 3.29. The summed E-state index contributed by atoms with van der Waals surface area (Å²) in [5, 5.41) is 0. The lowest BCUT2D eigenvalue weighted by molar-refractivity contribution is 0.189. The third-order valence-corrected chi connectivity index (χ3v) is 4.59. The van der Waals surface area contributed by atoms with Crippen LogP contribution in [0, 0.1) is 17.3 Å². The zero-order valence-electron chi connectivity index (χ0n) is 8.89. The smallest absolute Gasteiger partial charge is 0.00179 e. The lowest BCUT2D eigenvalue weighted by Crippen LogP contribution is -2.28. The first-order chi connectivity index (χ1) is 6.30. The molecule has 0 aromatic heterocycles. The number of nitrogens with two attached hydrogens (primary N) is 1. The average Bonchev–Trinajstić information content (AvgIpc) is 2.99. The summed E-state index contributed by atoms with van der Waals surface area (Å²) in [4.78, 5) is 0. The predicted octanol–water partition coefficient (Wildman–Crippen LogP) is 2.94. The Kier molecular flexibility index (Phi) is 2.64. The first-order valence-corrected chi connectivity index (χ1v) is 6.01. The molecule has 0 amide bonds. The van der Waals surface area contributed by atoms with Crippen LogP contribution in [-0.4, -0.2) is 6.54 Å². The highest BCUT2D eigenvalue weighted by atomic mass is 14.7. The van der Waals surface area contributed by atoms with Crippen molar-refractivity contribution >= 4 is 0 Å². The average molecular weight is 181 g/mol. The van der Waals surface area contributed by atoms with E-state index >= 15 is 0 Å². The molecule has 2 N–H and O–H groups in total. The van der Waals surface area contributed by atoms with E-state index in [1.807, 2.05) is 0 Å². The normalized spacial score (nSPS) is 37.4. The van der Waals surface area contributed by atoms with Crippen LogP contribution in [0.4, 0.5) is 0 Å². The van der Waals surface area contributed by atoms with Gasteiger partial charge in [0.05, 0.1) is 0 Å². The lowest BCUT2D eigenvalue weighted by atomic mass is 9.73. The van der Waals surface area contributed by atoms with Crippen molar-refractivity contribution in [2.75, 3.05) is 6.54 Å². The maximum absolute atomic E-state index is 5.87. The molecule has 13 heavy (non-hydrogen) atoms. The lowest BCUT2D eigenvalue weighted by Gasteiger charge is -2.33. The van der Waals surface area contributed by atoms with E-state index in [1.165, 1.54) is 44.9 Å².